The Morgan fingerprint density at radius 1 is 1.43 bits per heavy atom. The van der Waals surface area contributed by atoms with Crippen LogP contribution in [0.3, 0.4) is 0 Å². The van der Waals surface area contributed by atoms with E-state index in [1.807, 2.05) is 12.1 Å². The van der Waals surface area contributed by atoms with Crippen LogP contribution < -0.4 is 10.5 Å². The van der Waals surface area contributed by atoms with Crippen LogP contribution in [0.1, 0.15) is 5.76 Å². The lowest BCUT2D eigenvalue weighted by molar-refractivity contribution is 0.386. The molecule has 0 fully saturated rings. The minimum Gasteiger partial charge on any atom is -0.452 e. The Hall–Kier alpha value is -1.97. The van der Waals surface area contributed by atoms with Crippen molar-refractivity contribution >= 4 is 5.69 Å². The van der Waals surface area contributed by atoms with Crippen molar-refractivity contribution in [2.24, 2.45) is 0 Å². The van der Waals surface area contributed by atoms with Crippen molar-refractivity contribution < 1.29 is 9.26 Å². The third-order valence-corrected chi connectivity index (χ3v) is 1.79. The quantitative estimate of drug-likeness (QED) is 0.738. The van der Waals surface area contributed by atoms with E-state index in [0.717, 1.165) is 0 Å². The molecule has 2 rings (SSSR count). The standard InChI is InChI=1S/C10H10N2O2/c1-7-10(6-12-14-7)13-9-4-2-3-8(11)5-9/h2-6H,11H2,1H3. The highest BCUT2D eigenvalue weighted by Crippen LogP contribution is 2.25. The third kappa shape index (κ3) is 1.69. The van der Waals surface area contributed by atoms with Crippen LogP contribution in [0.4, 0.5) is 5.69 Å². The Bertz CT molecular complexity index is 437. The van der Waals surface area contributed by atoms with Gasteiger partial charge in [0.2, 0.25) is 0 Å². The number of rotatable bonds is 2. The molecule has 0 bridgehead atoms. The molecule has 0 amide bonds. The highest BCUT2D eigenvalue weighted by atomic mass is 16.5. The largest absolute Gasteiger partial charge is 0.452 e. The lowest BCUT2D eigenvalue weighted by Crippen LogP contribution is -1.87. The van der Waals surface area contributed by atoms with Crippen LogP contribution in [0.25, 0.3) is 0 Å². The summed E-state index contributed by atoms with van der Waals surface area (Å²) in [4.78, 5) is 0. The van der Waals surface area contributed by atoms with Gasteiger partial charge in [0.15, 0.2) is 11.5 Å². The summed E-state index contributed by atoms with van der Waals surface area (Å²) in [5.41, 5.74) is 6.27. The number of benzene rings is 1. The number of hydrogen-bond donors (Lipinski definition) is 1. The van der Waals surface area contributed by atoms with Crippen molar-refractivity contribution in [3.05, 3.63) is 36.2 Å². The molecule has 2 N–H and O–H groups in total. The first kappa shape index (κ1) is 8.62. The summed E-state index contributed by atoms with van der Waals surface area (Å²) in [5, 5.41) is 3.61. The summed E-state index contributed by atoms with van der Waals surface area (Å²) in [6, 6.07) is 7.19. The lowest BCUT2D eigenvalue weighted by Gasteiger charge is -2.03. The smallest absolute Gasteiger partial charge is 0.189 e. The number of anilines is 1. The number of nitrogen functional groups attached to an aromatic ring is 1. The van der Waals surface area contributed by atoms with Crippen molar-refractivity contribution in [3.63, 3.8) is 0 Å². The average molecular weight is 190 g/mol. The van der Waals surface area contributed by atoms with E-state index in [1.165, 1.54) is 6.20 Å². The molecule has 0 aliphatic carbocycles. The number of aromatic nitrogens is 1. The van der Waals surface area contributed by atoms with Crippen molar-refractivity contribution in [2.75, 3.05) is 5.73 Å². The third-order valence-electron chi connectivity index (χ3n) is 1.79. The maximum atomic E-state index is 5.61. The molecule has 72 valence electrons. The monoisotopic (exact) mass is 190 g/mol. The van der Waals surface area contributed by atoms with Gasteiger partial charge in [-0.15, -0.1) is 0 Å². The zero-order valence-electron chi connectivity index (χ0n) is 7.73. The molecule has 0 aliphatic rings. The molecule has 1 aromatic carbocycles. The normalized spacial score (nSPS) is 10.1. The van der Waals surface area contributed by atoms with E-state index >= 15 is 0 Å². The molecule has 2 aromatic rings. The molecular formula is C10H10N2O2. The summed E-state index contributed by atoms with van der Waals surface area (Å²) in [7, 11) is 0. The highest BCUT2D eigenvalue weighted by molar-refractivity contribution is 5.45. The van der Waals surface area contributed by atoms with E-state index in [-0.39, 0.29) is 0 Å². The Morgan fingerprint density at radius 3 is 2.93 bits per heavy atom. The summed E-state index contributed by atoms with van der Waals surface area (Å²) in [5.74, 6) is 1.93. The number of nitrogens with two attached hydrogens (primary N) is 1. The number of aryl methyl sites for hydroxylation is 1. The average Bonchev–Trinajstić information content (AvgIpc) is 2.52. The second-order valence-corrected chi connectivity index (χ2v) is 2.92. The van der Waals surface area contributed by atoms with Crippen molar-refractivity contribution in [2.45, 2.75) is 6.92 Å². The first-order valence-corrected chi connectivity index (χ1v) is 4.20. The molecule has 4 heteroatoms. The molecule has 0 atom stereocenters. The zero-order valence-corrected chi connectivity index (χ0v) is 7.73. The van der Waals surface area contributed by atoms with Gasteiger partial charge in [0.25, 0.3) is 0 Å². The molecule has 1 aromatic heterocycles. The molecule has 4 nitrogen and oxygen atoms in total. The topological polar surface area (TPSA) is 61.3 Å². The molecule has 0 aliphatic heterocycles. The molecule has 0 saturated carbocycles. The van der Waals surface area contributed by atoms with E-state index in [4.69, 9.17) is 15.0 Å². The minimum atomic E-state index is 0.607. The zero-order chi connectivity index (χ0) is 9.97. The van der Waals surface area contributed by atoms with Gasteiger partial charge in [-0.3, -0.25) is 0 Å². The van der Waals surface area contributed by atoms with E-state index in [2.05, 4.69) is 5.16 Å². The number of hydrogen-bond acceptors (Lipinski definition) is 4. The summed E-state index contributed by atoms with van der Waals surface area (Å²) < 4.78 is 10.4. The Balaban J connectivity index is 2.23. The van der Waals surface area contributed by atoms with Gasteiger partial charge in [-0.25, -0.2) is 0 Å². The number of ether oxygens (including phenoxy) is 1. The maximum absolute atomic E-state index is 5.61. The van der Waals surface area contributed by atoms with Gasteiger partial charge in [-0.05, 0) is 12.1 Å². The first-order valence-electron chi connectivity index (χ1n) is 4.20. The Morgan fingerprint density at radius 2 is 2.29 bits per heavy atom. The number of nitrogens with zero attached hydrogens (tertiary/aromatic N) is 1. The Kier molecular flexibility index (Phi) is 2.10. The summed E-state index contributed by atoms with van der Waals surface area (Å²) in [6.45, 7) is 1.79. The molecule has 14 heavy (non-hydrogen) atoms. The molecular weight excluding hydrogens is 180 g/mol. The molecule has 0 unspecified atom stereocenters. The van der Waals surface area contributed by atoms with Gasteiger partial charge in [-0.1, -0.05) is 11.2 Å². The second-order valence-electron chi connectivity index (χ2n) is 2.92. The predicted octanol–water partition coefficient (Wildman–Crippen LogP) is 2.36. The lowest BCUT2D eigenvalue weighted by atomic mass is 10.3. The minimum absolute atomic E-state index is 0.607. The maximum Gasteiger partial charge on any atom is 0.189 e. The predicted molar refractivity (Wildman–Crippen MR) is 52.2 cm³/mol. The van der Waals surface area contributed by atoms with Gasteiger partial charge in [0.05, 0.1) is 0 Å². The van der Waals surface area contributed by atoms with Crippen LogP contribution in [-0.2, 0) is 0 Å². The van der Waals surface area contributed by atoms with E-state index < -0.39 is 0 Å². The van der Waals surface area contributed by atoms with Crippen molar-refractivity contribution in [1.29, 1.82) is 0 Å². The Labute approximate surface area is 81.3 Å². The van der Waals surface area contributed by atoms with Crippen LogP contribution >= 0.6 is 0 Å². The molecule has 1 heterocycles. The summed E-state index contributed by atoms with van der Waals surface area (Å²) in [6.07, 6.45) is 1.53. The van der Waals surface area contributed by atoms with Crippen molar-refractivity contribution in [3.8, 4) is 11.5 Å². The van der Waals surface area contributed by atoms with Crippen LogP contribution in [0.2, 0.25) is 0 Å². The summed E-state index contributed by atoms with van der Waals surface area (Å²) >= 11 is 0. The van der Waals surface area contributed by atoms with Gasteiger partial charge in [-0.2, -0.15) is 0 Å². The molecule has 0 radical (unpaired) electrons. The van der Waals surface area contributed by atoms with Crippen molar-refractivity contribution in [1.82, 2.24) is 5.16 Å². The van der Waals surface area contributed by atoms with E-state index in [0.29, 0.717) is 22.9 Å². The van der Waals surface area contributed by atoms with Gasteiger partial charge < -0.3 is 15.0 Å². The van der Waals surface area contributed by atoms with Gasteiger partial charge in [0.1, 0.15) is 11.9 Å². The first-order chi connectivity index (χ1) is 6.75. The van der Waals surface area contributed by atoms with Crippen LogP contribution in [0.15, 0.2) is 35.0 Å². The second kappa shape index (κ2) is 3.41. The van der Waals surface area contributed by atoms with Crippen LogP contribution in [0, 0.1) is 6.92 Å². The fourth-order valence-corrected chi connectivity index (χ4v) is 1.09. The fourth-order valence-electron chi connectivity index (χ4n) is 1.09. The van der Waals surface area contributed by atoms with Crippen LogP contribution in [-0.4, -0.2) is 5.16 Å². The van der Waals surface area contributed by atoms with E-state index in [9.17, 15) is 0 Å². The van der Waals surface area contributed by atoms with E-state index in [1.54, 1.807) is 19.1 Å². The SMILES string of the molecule is Cc1oncc1Oc1cccc(N)c1. The highest BCUT2D eigenvalue weighted by Gasteiger charge is 2.04. The van der Waals surface area contributed by atoms with Gasteiger partial charge in [0, 0.05) is 18.7 Å². The molecule has 0 spiro atoms. The fraction of sp³-hybridized carbons (Fsp3) is 0.100. The van der Waals surface area contributed by atoms with Crippen LogP contribution in [0.5, 0.6) is 11.5 Å². The molecule has 0 saturated heterocycles. The van der Waals surface area contributed by atoms with Gasteiger partial charge >= 0.3 is 0 Å².